The first-order valence-electron chi connectivity index (χ1n) is 10.3. The zero-order valence-corrected chi connectivity index (χ0v) is 20.6. The molecule has 2 aromatic rings. The molecule has 0 N–H and O–H groups in total. The molecule has 4 nitrogen and oxygen atoms in total. The molecule has 0 aliphatic carbocycles. The summed E-state index contributed by atoms with van der Waals surface area (Å²) in [5.74, 6) is 0. The van der Waals surface area contributed by atoms with Crippen molar-refractivity contribution in [3.8, 4) is 0 Å². The Balaban J connectivity index is 2.41. The van der Waals surface area contributed by atoms with Gasteiger partial charge >= 0.3 is 169 Å². The van der Waals surface area contributed by atoms with Gasteiger partial charge in [-0.05, 0) is 0 Å². The summed E-state index contributed by atoms with van der Waals surface area (Å²) in [5.41, 5.74) is 0. The molecule has 0 radical (unpaired) electrons. The molecule has 0 bridgehead atoms. The van der Waals surface area contributed by atoms with E-state index in [1.165, 1.54) is 51.8 Å². The van der Waals surface area contributed by atoms with Crippen LogP contribution in [0.1, 0.15) is 59.3 Å². The van der Waals surface area contributed by atoms with Gasteiger partial charge in [-0.1, -0.05) is 0 Å². The van der Waals surface area contributed by atoms with Gasteiger partial charge in [0.2, 0.25) is 0 Å². The van der Waals surface area contributed by atoms with Crippen LogP contribution in [0, 0.1) is 0 Å². The molecule has 0 unspecified atom stereocenters. The SMILES string of the molecule is CCC[CH2][Sn]([CH2]CCC)([CH2]CCC)[c]1cnc(S(=O)(=O)c2ccccc2)o1. The third-order valence-corrected chi connectivity index (χ3v) is 21.7. The molecule has 0 fully saturated rings. The third-order valence-electron chi connectivity index (χ3n) is 5.32. The second kappa shape index (κ2) is 10.6. The van der Waals surface area contributed by atoms with Gasteiger partial charge in [0.1, 0.15) is 0 Å². The van der Waals surface area contributed by atoms with Gasteiger partial charge in [-0.3, -0.25) is 0 Å². The Morgan fingerprint density at radius 3 is 1.89 bits per heavy atom. The van der Waals surface area contributed by atoms with Crippen LogP contribution in [-0.4, -0.2) is 31.8 Å². The van der Waals surface area contributed by atoms with Crippen molar-refractivity contribution in [3.05, 3.63) is 36.5 Å². The molecule has 27 heavy (non-hydrogen) atoms. The molecule has 150 valence electrons. The Morgan fingerprint density at radius 1 is 0.889 bits per heavy atom. The average Bonchev–Trinajstić information content (AvgIpc) is 3.20. The number of oxazole rings is 1. The molecule has 0 atom stereocenters. The van der Waals surface area contributed by atoms with E-state index in [4.69, 9.17) is 4.42 Å². The molecule has 1 heterocycles. The standard InChI is InChI=1S/C9H6NO3S.3C4H9.Sn/c11-14(12,9-10-6-7-13-9)8-4-2-1-3-5-8;3*1-3-4-2;/h1-6H;3*1,3-4H2,2H3;. The minimum absolute atomic E-state index is 0.130. The monoisotopic (exact) mass is 499 g/mol. The molecule has 0 amide bonds. The van der Waals surface area contributed by atoms with Gasteiger partial charge in [0.05, 0.1) is 0 Å². The van der Waals surface area contributed by atoms with E-state index < -0.39 is 28.2 Å². The molecule has 0 aliphatic rings. The van der Waals surface area contributed by atoms with Gasteiger partial charge in [0.25, 0.3) is 0 Å². The quantitative estimate of drug-likeness (QED) is 0.360. The van der Waals surface area contributed by atoms with Crippen molar-refractivity contribution in [2.75, 3.05) is 0 Å². The number of hydrogen-bond donors (Lipinski definition) is 0. The van der Waals surface area contributed by atoms with Gasteiger partial charge in [-0.15, -0.1) is 0 Å². The van der Waals surface area contributed by atoms with Crippen LogP contribution >= 0.6 is 0 Å². The van der Waals surface area contributed by atoms with Gasteiger partial charge in [0, 0.05) is 0 Å². The zero-order valence-electron chi connectivity index (χ0n) is 16.9. The second-order valence-corrected chi connectivity index (χ2v) is 22.2. The van der Waals surface area contributed by atoms with E-state index in [1.54, 1.807) is 30.5 Å². The Kier molecular flexibility index (Phi) is 8.86. The van der Waals surface area contributed by atoms with Gasteiger partial charge < -0.3 is 0 Å². The minimum atomic E-state index is -3.68. The third kappa shape index (κ3) is 5.59. The molecule has 1 aromatic heterocycles. The van der Waals surface area contributed by atoms with E-state index in [0.29, 0.717) is 0 Å². The fraction of sp³-hybridized carbons (Fsp3) is 0.571. The van der Waals surface area contributed by atoms with Gasteiger partial charge in [-0.2, -0.15) is 0 Å². The van der Waals surface area contributed by atoms with Crippen molar-refractivity contribution >= 4 is 32.0 Å². The summed E-state index contributed by atoms with van der Waals surface area (Å²) in [4.78, 5) is 4.50. The van der Waals surface area contributed by atoms with E-state index in [1.807, 2.05) is 6.07 Å². The molecule has 0 aliphatic heterocycles. The first kappa shape index (κ1) is 22.5. The molecule has 0 spiro atoms. The summed E-state index contributed by atoms with van der Waals surface area (Å²) in [5, 5.41) is -0.130. The first-order valence-corrected chi connectivity index (χ1v) is 19.2. The van der Waals surface area contributed by atoms with Crippen LogP contribution in [-0.2, 0) is 9.84 Å². The summed E-state index contributed by atoms with van der Waals surface area (Å²) in [6, 6.07) is 8.46. The summed E-state index contributed by atoms with van der Waals surface area (Å²) in [7, 11) is -3.68. The summed E-state index contributed by atoms with van der Waals surface area (Å²) in [6.45, 7) is 6.67. The van der Waals surface area contributed by atoms with E-state index >= 15 is 0 Å². The topological polar surface area (TPSA) is 60.2 Å². The Hall–Kier alpha value is -0.821. The van der Waals surface area contributed by atoms with Crippen molar-refractivity contribution in [3.63, 3.8) is 0 Å². The molecule has 1 aromatic carbocycles. The van der Waals surface area contributed by atoms with E-state index in [9.17, 15) is 8.42 Å². The van der Waals surface area contributed by atoms with Gasteiger partial charge in [0.15, 0.2) is 0 Å². The summed E-state index contributed by atoms with van der Waals surface area (Å²) in [6.07, 6.45) is 8.86. The number of hydrogen-bond acceptors (Lipinski definition) is 4. The van der Waals surface area contributed by atoms with Crippen molar-refractivity contribution in [1.29, 1.82) is 0 Å². The Morgan fingerprint density at radius 2 is 1.41 bits per heavy atom. The fourth-order valence-corrected chi connectivity index (χ4v) is 19.9. The van der Waals surface area contributed by atoms with E-state index in [0.717, 1.165) is 3.78 Å². The van der Waals surface area contributed by atoms with E-state index in [2.05, 4.69) is 25.8 Å². The van der Waals surface area contributed by atoms with Crippen molar-refractivity contribution in [1.82, 2.24) is 4.98 Å². The number of aromatic nitrogens is 1. The van der Waals surface area contributed by atoms with Crippen LogP contribution in [0.25, 0.3) is 0 Å². The molecule has 6 heteroatoms. The van der Waals surface area contributed by atoms with Crippen LogP contribution in [0.15, 0.2) is 51.1 Å². The first-order chi connectivity index (χ1) is 13.0. The molecular weight excluding hydrogens is 465 g/mol. The number of rotatable bonds is 12. The maximum atomic E-state index is 12.9. The van der Waals surface area contributed by atoms with E-state index in [-0.39, 0.29) is 10.1 Å². The van der Waals surface area contributed by atoms with Crippen LogP contribution < -0.4 is 3.78 Å². The van der Waals surface area contributed by atoms with Crippen molar-refractivity contribution < 1.29 is 12.8 Å². The maximum absolute atomic E-state index is 12.9. The van der Waals surface area contributed by atoms with Crippen LogP contribution in [0.5, 0.6) is 0 Å². The molecular formula is C21H33NO3SSn. The zero-order chi connectivity index (χ0) is 19.8. The second-order valence-electron chi connectivity index (χ2n) is 7.40. The number of unbranched alkanes of at least 4 members (excludes halogenated alkanes) is 3. The molecule has 0 saturated carbocycles. The average molecular weight is 498 g/mol. The number of benzene rings is 1. The summed E-state index contributed by atoms with van der Waals surface area (Å²) < 4.78 is 36.5. The predicted octanol–water partition coefficient (Wildman–Crippen LogP) is 5.56. The molecule has 0 saturated heterocycles. The van der Waals surface area contributed by atoms with Crippen LogP contribution in [0.4, 0.5) is 0 Å². The van der Waals surface area contributed by atoms with Crippen molar-refractivity contribution in [2.24, 2.45) is 0 Å². The normalized spacial score (nSPS) is 12.4. The van der Waals surface area contributed by atoms with Crippen LogP contribution in [0.3, 0.4) is 0 Å². The predicted molar refractivity (Wildman–Crippen MR) is 113 cm³/mol. The Labute approximate surface area is 168 Å². The number of nitrogens with zero attached hydrogens (tertiary/aromatic N) is 1. The Bertz CT molecular complexity index is 765. The van der Waals surface area contributed by atoms with Crippen molar-refractivity contribution in [2.45, 2.75) is 82.7 Å². The van der Waals surface area contributed by atoms with Gasteiger partial charge in [-0.25, -0.2) is 0 Å². The summed E-state index contributed by atoms with van der Waals surface area (Å²) >= 11 is -2.80. The number of sulfone groups is 1. The molecule has 2 rings (SSSR count). The van der Waals surface area contributed by atoms with Crippen LogP contribution in [0.2, 0.25) is 13.3 Å². The fourth-order valence-electron chi connectivity index (χ4n) is 3.62.